The summed E-state index contributed by atoms with van der Waals surface area (Å²) in [5.74, 6) is -2.29. The molecule has 0 spiro atoms. The molecule has 0 radical (unpaired) electrons. The first-order valence-corrected chi connectivity index (χ1v) is 9.84. The summed E-state index contributed by atoms with van der Waals surface area (Å²) >= 11 is 0. The van der Waals surface area contributed by atoms with Gasteiger partial charge in [-0.15, -0.1) is 0 Å². The topological polar surface area (TPSA) is 110 Å². The Hall–Kier alpha value is -2.13. The molecule has 0 heterocycles. The highest BCUT2D eigenvalue weighted by molar-refractivity contribution is 7.89. The van der Waals surface area contributed by atoms with E-state index in [0.717, 1.165) is 0 Å². The number of nitrogens with zero attached hydrogens (tertiary/aromatic N) is 1. The van der Waals surface area contributed by atoms with Crippen molar-refractivity contribution in [3.63, 3.8) is 0 Å². The molecule has 0 aliphatic carbocycles. The van der Waals surface area contributed by atoms with Gasteiger partial charge in [0.1, 0.15) is 23.9 Å². The molecule has 0 unspecified atom stereocenters. The van der Waals surface area contributed by atoms with Crippen molar-refractivity contribution in [3.8, 4) is 5.75 Å². The van der Waals surface area contributed by atoms with Crippen molar-refractivity contribution in [2.45, 2.75) is 51.2 Å². The highest BCUT2D eigenvalue weighted by Crippen LogP contribution is 2.24. The second kappa shape index (κ2) is 8.71. The Bertz CT molecular complexity index is 764. The van der Waals surface area contributed by atoms with Crippen molar-refractivity contribution >= 4 is 22.0 Å². The molecule has 0 aliphatic heterocycles. The van der Waals surface area contributed by atoms with Gasteiger partial charge in [0.25, 0.3) is 0 Å². The Kier molecular flexibility index (Phi) is 7.39. The number of benzene rings is 1. The average molecular weight is 401 g/mol. The van der Waals surface area contributed by atoms with Gasteiger partial charge in [0.15, 0.2) is 0 Å². The lowest BCUT2D eigenvalue weighted by atomic mass is 10.1. The van der Waals surface area contributed by atoms with Gasteiger partial charge in [-0.3, -0.25) is 9.59 Å². The zero-order valence-electron chi connectivity index (χ0n) is 16.4. The number of hydrogen-bond acceptors (Lipinski definition) is 6. The molecule has 1 N–H and O–H groups in total. The third-order valence-electron chi connectivity index (χ3n) is 3.57. The van der Waals surface area contributed by atoms with Gasteiger partial charge in [-0.25, -0.2) is 8.42 Å². The molecule has 0 saturated heterocycles. The van der Waals surface area contributed by atoms with Crippen molar-refractivity contribution in [2.75, 3.05) is 13.7 Å². The van der Waals surface area contributed by atoms with E-state index in [-0.39, 0.29) is 4.90 Å². The number of sulfonamides is 1. The molecule has 152 valence electrons. The number of carboxylic acid groups (broad SMARTS) is 1. The molecule has 1 atom stereocenters. The first kappa shape index (κ1) is 22.9. The molecule has 1 rings (SSSR count). The number of ether oxygens (including phenoxy) is 2. The number of carbonyl (C=O) groups excluding carboxylic acids is 1. The normalized spacial score (nSPS) is 13.5. The van der Waals surface area contributed by atoms with Crippen molar-refractivity contribution in [1.29, 1.82) is 0 Å². The lowest BCUT2D eigenvalue weighted by Crippen LogP contribution is -2.50. The van der Waals surface area contributed by atoms with Gasteiger partial charge in [-0.2, -0.15) is 4.31 Å². The summed E-state index contributed by atoms with van der Waals surface area (Å²) in [5.41, 5.74) is -0.830. The fourth-order valence-electron chi connectivity index (χ4n) is 2.46. The first-order valence-electron chi connectivity index (χ1n) is 8.40. The third kappa shape index (κ3) is 6.21. The van der Waals surface area contributed by atoms with Crippen LogP contribution in [-0.2, 0) is 24.3 Å². The van der Waals surface area contributed by atoms with Crippen molar-refractivity contribution < 1.29 is 32.6 Å². The maximum absolute atomic E-state index is 13.1. The molecule has 9 heteroatoms. The minimum atomic E-state index is -4.27. The zero-order valence-corrected chi connectivity index (χ0v) is 17.2. The van der Waals surface area contributed by atoms with Crippen LogP contribution in [0.25, 0.3) is 0 Å². The first-order chi connectivity index (χ1) is 12.3. The summed E-state index contributed by atoms with van der Waals surface area (Å²) in [6.07, 6.45) is 0. The lowest BCUT2D eigenvalue weighted by molar-refractivity contribution is -0.156. The van der Waals surface area contributed by atoms with E-state index in [4.69, 9.17) is 9.47 Å². The second-order valence-electron chi connectivity index (χ2n) is 7.34. The molecular weight excluding hydrogens is 374 g/mol. The van der Waals surface area contributed by atoms with E-state index in [1.807, 2.05) is 0 Å². The SMILES string of the molecule is COc1ccc(S(=O)(=O)N(CC(=O)OC(C)(C)C)[C@@H](C(=O)O)C(C)C)cc1. The fraction of sp³-hybridized carbons (Fsp3) is 0.556. The van der Waals surface area contributed by atoms with Gasteiger partial charge in [0.2, 0.25) is 10.0 Å². The van der Waals surface area contributed by atoms with E-state index < -0.39 is 46.1 Å². The Morgan fingerprint density at radius 1 is 1.15 bits per heavy atom. The summed E-state index contributed by atoms with van der Waals surface area (Å²) in [6, 6.07) is 4.07. The van der Waals surface area contributed by atoms with E-state index in [9.17, 15) is 23.1 Å². The monoisotopic (exact) mass is 401 g/mol. The van der Waals surface area contributed by atoms with Gasteiger partial charge >= 0.3 is 11.9 Å². The fourth-order valence-corrected chi connectivity index (χ4v) is 4.12. The zero-order chi connectivity index (χ0) is 21.0. The maximum atomic E-state index is 13.1. The van der Waals surface area contributed by atoms with E-state index in [2.05, 4.69) is 0 Å². The van der Waals surface area contributed by atoms with Gasteiger partial charge in [-0.1, -0.05) is 13.8 Å². The number of hydrogen-bond donors (Lipinski definition) is 1. The highest BCUT2D eigenvalue weighted by Gasteiger charge is 2.40. The number of methoxy groups -OCH3 is 1. The van der Waals surface area contributed by atoms with Gasteiger partial charge in [-0.05, 0) is 51.0 Å². The molecule has 0 aliphatic rings. The van der Waals surface area contributed by atoms with Gasteiger partial charge in [0.05, 0.1) is 12.0 Å². The highest BCUT2D eigenvalue weighted by atomic mass is 32.2. The van der Waals surface area contributed by atoms with E-state index in [1.165, 1.54) is 31.4 Å². The number of aliphatic carboxylic acids is 1. The maximum Gasteiger partial charge on any atom is 0.322 e. The number of carbonyl (C=O) groups is 2. The quantitative estimate of drug-likeness (QED) is 0.664. The molecule has 0 amide bonds. The number of esters is 1. The molecule has 0 aromatic heterocycles. The molecular formula is C18H27NO7S. The largest absolute Gasteiger partial charge is 0.497 e. The summed E-state index contributed by atoms with van der Waals surface area (Å²) in [4.78, 5) is 23.9. The summed E-state index contributed by atoms with van der Waals surface area (Å²) in [7, 11) is -2.83. The van der Waals surface area contributed by atoms with Crippen molar-refractivity contribution in [1.82, 2.24) is 4.31 Å². The van der Waals surface area contributed by atoms with Crippen LogP contribution in [0, 0.1) is 5.92 Å². The van der Waals surface area contributed by atoms with Crippen molar-refractivity contribution in [2.24, 2.45) is 5.92 Å². The average Bonchev–Trinajstić information content (AvgIpc) is 2.51. The predicted octanol–water partition coefficient (Wildman–Crippen LogP) is 2.14. The standard InChI is InChI=1S/C18H27NO7S/c1-12(2)16(17(21)22)19(11-15(20)26-18(3,4)5)27(23,24)14-9-7-13(25-6)8-10-14/h7-10,12,16H,11H2,1-6H3,(H,21,22)/t16-/m1/s1. The van der Waals surface area contributed by atoms with Crippen LogP contribution in [0.4, 0.5) is 0 Å². The Labute approximate surface area is 160 Å². The lowest BCUT2D eigenvalue weighted by Gasteiger charge is -2.31. The van der Waals surface area contributed by atoms with E-state index >= 15 is 0 Å². The molecule has 1 aromatic carbocycles. The van der Waals surface area contributed by atoms with E-state index in [0.29, 0.717) is 10.1 Å². The minimum absolute atomic E-state index is 0.140. The summed E-state index contributed by atoms with van der Waals surface area (Å²) in [6.45, 7) is 7.37. The van der Waals surface area contributed by atoms with Crippen molar-refractivity contribution in [3.05, 3.63) is 24.3 Å². The Morgan fingerprint density at radius 2 is 1.67 bits per heavy atom. The molecule has 0 fully saturated rings. The molecule has 8 nitrogen and oxygen atoms in total. The van der Waals surface area contributed by atoms with Crippen LogP contribution < -0.4 is 4.74 Å². The van der Waals surface area contributed by atoms with Gasteiger partial charge < -0.3 is 14.6 Å². The summed E-state index contributed by atoms with van der Waals surface area (Å²) in [5, 5.41) is 9.57. The third-order valence-corrected chi connectivity index (χ3v) is 5.41. The molecule has 0 bridgehead atoms. The Balaban J connectivity index is 3.37. The Morgan fingerprint density at radius 3 is 2.04 bits per heavy atom. The number of rotatable bonds is 8. The van der Waals surface area contributed by atoms with Crippen LogP contribution in [-0.4, -0.2) is 55.1 Å². The summed E-state index contributed by atoms with van der Waals surface area (Å²) < 4.78 is 37.1. The van der Waals surface area contributed by atoms with Crippen LogP contribution in [0.5, 0.6) is 5.75 Å². The predicted molar refractivity (Wildman–Crippen MR) is 99.0 cm³/mol. The van der Waals surface area contributed by atoms with Crippen LogP contribution in [0.1, 0.15) is 34.6 Å². The minimum Gasteiger partial charge on any atom is -0.497 e. The van der Waals surface area contributed by atoms with Crippen LogP contribution in [0.3, 0.4) is 0 Å². The van der Waals surface area contributed by atoms with Crippen LogP contribution in [0.2, 0.25) is 0 Å². The molecule has 27 heavy (non-hydrogen) atoms. The van der Waals surface area contributed by atoms with Crippen LogP contribution in [0.15, 0.2) is 29.2 Å². The smallest absolute Gasteiger partial charge is 0.322 e. The molecule has 0 saturated carbocycles. The van der Waals surface area contributed by atoms with E-state index in [1.54, 1.807) is 34.6 Å². The molecule has 1 aromatic rings. The second-order valence-corrected chi connectivity index (χ2v) is 9.23. The van der Waals surface area contributed by atoms with Crippen LogP contribution >= 0.6 is 0 Å². The van der Waals surface area contributed by atoms with Gasteiger partial charge in [0, 0.05) is 0 Å². The number of carboxylic acids is 1.